The summed E-state index contributed by atoms with van der Waals surface area (Å²) in [5.74, 6) is 2.16. The predicted octanol–water partition coefficient (Wildman–Crippen LogP) is 2.60. The SMILES string of the molecule is CCN(CCOC)CC1CC(C(C)C)CCC1=O. The Morgan fingerprint density at radius 3 is 2.72 bits per heavy atom. The van der Waals surface area contributed by atoms with Gasteiger partial charge in [-0.15, -0.1) is 0 Å². The van der Waals surface area contributed by atoms with E-state index in [1.165, 1.54) is 0 Å². The lowest BCUT2D eigenvalue weighted by molar-refractivity contribution is -0.126. The summed E-state index contributed by atoms with van der Waals surface area (Å²) in [6.07, 6.45) is 2.96. The van der Waals surface area contributed by atoms with Crippen molar-refractivity contribution in [3.05, 3.63) is 0 Å². The van der Waals surface area contributed by atoms with Crippen molar-refractivity contribution in [1.82, 2.24) is 4.90 Å². The second-order valence-electron chi connectivity index (χ2n) is 5.83. The molecule has 3 nitrogen and oxygen atoms in total. The van der Waals surface area contributed by atoms with Crippen molar-refractivity contribution in [2.45, 2.75) is 40.0 Å². The number of methoxy groups -OCH3 is 1. The zero-order chi connectivity index (χ0) is 13.5. The fourth-order valence-corrected chi connectivity index (χ4v) is 2.84. The van der Waals surface area contributed by atoms with Gasteiger partial charge in [0.1, 0.15) is 5.78 Å². The van der Waals surface area contributed by atoms with Crippen LogP contribution in [0.2, 0.25) is 0 Å². The Morgan fingerprint density at radius 1 is 1.44 bits per heavy atom. The van der Waals surface area contributed by atoms with Gasteiger partial charge in [0.2, 0.25) is 0 Å². The Balaban J connectivity index is 2.48. The van der Waals surface area contributed by atoms with Gasteiger partial charge in [0, 0.05) is 32.5 Å². The summed E-state index contributed by atoms with van der Waals surface area (Å²) in [6.45, 7) is 10.3. The highest BCUT2D eigenvalue weighted by atomic mass is 16.5. The van der Waals surface area contributed by atoms with Crippen LogP contribution in [0.5, 0.6) is 0 Å². The minimum Gasteiger partial charge on any atom is -0.383 e. The van der Waals surface area contributed by atoms with Gasteiger partial charge in [-0.05, 0) is 31.2 Å². The van der Waals surface area contributed by atoms with Crippen molar-refractivity contribution in [2.75, 3.05) is 33.4 Å². The van der Waals surface area contributed by atoms with Gasteiger partial charge in [-0.2, -0.15) is 0 Å². The molecule has 3 heteroatoms. The van der Waals surface area contributed by atoms with Crippen LogP contribution >= 0.6 is 0 Å². The van der Waals surface area contributed by atoms with Crippen molar-refractivity contribution < 1.29 is 9.53 Å². The van der Waals surface area contributed by atoms with E-state index in [2.05, 4.69) is 25.7 Å². The molecule has 1 fully saturated rings. The predicted molar refractivity (Wildman–Crippen MR) is 74.7 cm³/mol. The summed E-state index contributed by atoms with van der Waals surface area (Å²) in [7, 11) is 1.73. The minimum absolute atomic E-state index is 0.253. The minimum atomic E-state index is 0.253. The molecule has 2 unspecified atom stereocenters. The number of Topliss-reactive ketones (excluding diaryl/α,β-unsaturated/α-hetero) is 1. The van der Waals surface area contributed by atoms with Gasteiger partial charge >= 0.3 is 0 Å². The molecule has 0 N–H and O–H groups in total. The smallest absolute Gasteiger partial charge is 0.137 e. The van der Waals surface area contributed by atoms with Gasteiger partial charge in [-0.1, -0.05) is 20.8 Å². The van der Waals surface area contributed by atoms with E-state index in [1.807, 2.05) is 0 Å². The third kappa shape index (κ3) is 4.69. The lowest BCUT2D eigenvalue weighted by Crippen LogP contribution is -2.38. The third-order valence-corrected chi connectivity index (χ3v) is 4.28. The van der Waals surface area contributed by atoms with Gasteiger partial charge in [0.25, 0.3) is 0 Å². The van der Waals surface area contributed by atoms with Crippen molar-refractivity contribution in [3.63, 3.8) is 0 Å². The standard InChI is InChI=1S/C15H29NO2/c1-5-16(8-9-18-4)11-14-10-13(12(2)3)6-7-15(14)17/h12-14H,5-11H2,1-4H3. The van der Waals surface area contributed by atoms with Crippen LogP contribution in [0.25, 0.3) is 0 Å². The summed E-state index contributed by atoms with van der Waals surface area (Å²) in [5, 5.41) is 0. The Kier molecular flexibility index (Phi) is 6.87. The summed E-state index contributed by atoms with van der Waals surface area (Å²) in [4.78, 5) is 14.4. The van der Waals surface area contributed by atoms with Crippen LogP contribution in [-0.2, 0) is 9.53 Å². The lowest BCUT2D eigenvalue weighted by Gasteiger charge is -2.33. The first-order valence-electron chi connectivity index (χ1n) is 7.32. The van der Waals surface area contributed by atoms with Crippen LogP contribution < -0.4 is 0 Å². The number of ketones is 1. The second-order valence-corrected chi connectivity index (χ2v) is 5.83. The highest BCUT2D eigenvalue weighted by Gasteiger charge is 2.30. The van der Waals surface area contributed by atoms with Crippen molar-refractivity contribution in [3.8, 4) is 0 Å². The van der Waals surface area contributed by atoms with Gasteiger partial charge in [0.05, 0.1) is 6.61 Å². The van der Waals surface area contributed by atoms with Crippen LogP contribution in [0, 0.1) is 17.8 Å². The molecule has 0 saturated heterocycles. The van der Waals surface area contributed by atoms with E-state index in [9.17, 15) is 4.79 Å². The molecule has 0 radical (unpaired) electrons. The first-order chi connectivity index (χ1) is 8.58. The quantitative estimate of drug-likeness (QED) is 0.700. The average Bonchev–Trinajstić information content (AvgIpc) is 2.36. The highest BCUT2D eigenvalue weighted by Crippen LogP contribution is 2.32. The molecule has 1 saturated carbocycles. The average molecular weight is 255 g/mol. The zero-order valence-corrected chi connectivity index (χ0v) is 12.4. The summed E-state index contributed by atoms with van der Waals surface area (Å²) in [6, 6.07) is 0. The second kappa shape index (κ2) is 7.90. The maximum Gasteiger partial charge on any atom is 0.137 e. The molecule has 1 aliphatic carbocycles. The molecule has 0 amide bonds. The Morgan fingerprint density at radius 2 is 2.17 bits per heavy atom. The van der Waals surface area contributed by atoms with Crippen LogP contribution in [-0.4, -0.2) is 44.0 Å². The van der Waals surface area contributed by atoms with Crippen molar-refractivity contribution in [1.29, 1.82) is 0 Å². The van der Waals surface area contributed by atoms with Crippen molar-refractivity contribution >= 4 is 5.78 Å². The topological polar surface area (TPSA) is 29.5 Å². The maximum absolute atomic E-state index is 12.0. The number of hydrogen-bond donors (Lipinski definition) is 0. The maximum atomic E-state index is 12.0. The lowest BCUT2D eigenvalue weighted by atomic mass is 9.75. The number of carbonyl (C=O) groups excluding carboxylic acids is 1. The van der Waals surface area contributed by atoms with E-state index in [4.69, 9.17) is 4.74 Å². The number of hydrogen-bond acceptors (Lipinski definition) is 3. The molecule has 1 aliphatic rings. The van der Waals surface area contributed by atoms with Crippen LogP contribution in [0.4, 0.5) is 0 Å². The van der Waals surface area contributed by atoms with Crippen molar-refractivity contribution in [2.24, 2.45) is 17.8 Å². The normalized spacial score (nSPS) is 25.1. The first-order valence-corrected chi connectivity index (χ1v) is 7.32. The monoisotopic (exact) mass is 255 g/mol. The zero-order valence-electron chi connectivity index (χ0n) is 12.4. The number of carbonyl (C=O) groups is 1. The molecular weight excluding hydrogens is 226 g/mol. The number of rotatable bonds is 7. The molecular formula is C15H29NO2. The van der Waals surface area contributed by atoms with E-state index in [1.54, 1.807) is 7.11 Å². The third-order valence-electron chi connectivity index (χ3n) is 4.28. The molecule has 18 heavy (non-hydrogen) atoms. The summed E-state index contributed by atoms with van der Waals surface area (Å²) in [5.41, 5.74) is 0. The molecule has 0 spiro atoms. The molecule has 0 aromatic rings. The van der Waals surface area contributed by atoms with Gasteiger partial charge < -0.3 is 9.64 Å². The summed E-state index contributed by atoms with van der Waals surface area (Å²) >= 11 is 0. The van der Waals surface area contributed by atoms with Gasteiger partial charge in [-0.25, -0.2) is 0 Å². The molecule has 0 aliphatic heterocycles. The molecule has 1 rings (SSSR count). The number of ether oxygens (including phenoxy) is 1. The van der Waals surface area contributed by atoms with E-state index < -0.39 is 0 Å². The van der Waals surface area contributed by atoms with Crippen LogP contribution in [0.3, 0.4) is 0 Å². The number of likely N-dealkylation sites (N-methyl/N-ethyl adjacent to an activating group) is 1. The van der Waals surface area contributed by atoms with Crippen LogP contribution in [0.15, 0.2) is 0 Å². The molecule has 0 bridgehead atoms. The van der Waals surface area contributed by atoms with Gasteiger partial charge in [0.15, 0.2) is 0 Å². The molecule has 0 heterocycles. The Bertz CT molecular complexity index is 253. The Hall–Kier alpha value is -0.410. The molecule has 106 valence electrons. The fourth-order valence-electron chi connectivity index (χ4n) is 2.84. The van der Waals surface area contributed by atoms with E-state index in [-0.39, 0.29) is 5.92 Å². The fraction of sp³-hybridized carbons (Fsp3) is 0.933. The van der Waals surface area contributed by atoms with E-state index in [0.717, 1.165) is 51.4 Å². The number of nitrogens with zero attached hydrogens (tertiary/aromatic N) is 1. The van der Waals surface area contributed by atoms with Gasteiger partial charge in [-0.3, -0.25) is 4.79 Å². The van der Waals surface area contributed by atoms with Crippen LogP contribution in [0.1, 0.15) is 40.0 Å². The van der Waals surface area contributed by atoms with E-state index >= 15 is 0 Å². The largest absolute Gasteiger partial charge is 0.383 e. The first kappa shape index (κ1) is 15.6. The highest BCUT2D eigenvalue weighted by molar-refractivity contribution is 5.82. The van der Waals surface area contributed by atoms with E-state index in [0.29, 0.717) is 11.7 Å². The summed E-state index contributed by atoms with van der Waals surface area (Å²) < 4.78 is 5.12. The Labute approximate surface area is 112 Å². The molecule has 0 aromatic carbocycles. The molecule has 2 atom stereocenters. The molecule has 0 aromatic heterocycles.